The number of alkyl carbamates (subject to hydrolysis) is 1. The third-order valence-corrected chi connectivity index (χ3v) is 5.04. The number of carbonyl (C=O) groups is 3. The minimum absolute atomic E-state index is 0.000802. The molecule has 2 rings (SSSR count). The highest BCUT2D eigenvalue weighted by Crippen LogP contribution is 2.23. The van der Waals surface area contributed by atoms with Crippen molar-refractivity contribution >= 4 is 17.8 Å². The van der Waals surface area contributed by atoms with Gasteiger partial charge >= 0.3 is 6.09 Å². The van der Waals surface area contributed by atoms with E-state index >= 15 is 0 Å². The number of Topliss-reactive ketones (excluding diaryl/α,β-unsaturated/α-hetero) is 1. The smallest absolute Gasteiger partial charge is 0.407 e. The molecule has 6 heteroatoms. The second-order valence-electron chi connectivity index (χ2n) is 9.77. The van der Waals surface area contributed by atoms with Gasteiger partial charge in [-0.2, -0.15) is 0 Å². The Balaban J connectivity index is 1.83. The van der Waals surface area contributed by atoms with Crippen LogP contribution in [0.25, 0.3) is 0 Å². The van der Waals surface area contributed by atoms with E-state index in [-0.39, 0.29) is 11.3 Å². The van der Waals surface area contributed by atoms with Crippen LogP contribution < -0.4 is 5.32 Å². The number of amides is 2. The molecule has 0 spiro atoms. The predicted octanol–water partition coefficient (Wildman–Crippen LogP) is 3.93. The standard InChI is InChI=1S/C23H34N2O4/c1-22(2,3)18-9-7-17(8-10-18)19(26)20(27)25-13-11-16(12-14-25)15-24-21(28)29-23(4,5)6/h7-10,16H,11-15H2,1-6H3,(H,24,28). The van der Waals surface area contributed by atoms with Crippen LogP contribution in [0.2, 0.25) is 0 Å². The summed E-state index contributed by atoms with van der Waals surface area (Å²) in [5.41, 5.74) is 1.03. The monoisotopic (exact) mass is 402 g/mol. The first-order valence-corrected chi connectivity index (χ1v) is 10.3. The molecule has 0 aromatic heterocycles. The third kappa shape index (κ3) is 6.87. The van der Waals surface area contributed by atoms with Crippen molar-refractivity contribution in [2.75, 3.05) is 19.6 Å². The Hall–Kier alpha value is -2.37. The fourth-order valence-electron chi connectivity index (χ4n) is 3.27. The van der Waals surface area contributed by atoms with Gasteiger partial charge in [0, 0.05) is 25.2 Å². The average molecular weight is 403 g/mol. The van der Waals surface area contributed by atoms with Crippen LogP contribution in [-0.2, 0) is 14.9 Å². The zero-order chi connectivity index (χ0) is 21.8. The maximum absolute atomic E-state index is 12.6. The second-order valence-corrected chi connectivity index (χ2v) is 9.77. The van der Waals surface area contributed by atoms with Crippen LogP contribution in [0.1, 0.15) is 70.3 Å². The van der Waals surface area contributed by atoms with Gasteiger partial charge in [-0.05, 0) is 50.5 Å². The van der Waals surface area contributed by atoms with Crippen LogP contribution in [0.4, 0.5) is 4.79 Å². The maximum atomic E-state index is 12.6. The molecule has 1 heterocycles. The topological polar surface area (TPSA) is 75.7 Å². The Morgan fingerprint density at radius 2 is 1.55 bits per heavy atom. The number of nitrogens with one attached hydrogen (secondary N) is 1. The highest BCUT2D eigenvalue weighted by Gasteiger charge is 2.28. The molecular formula is C23H34N2O4. The number of rotatable bonds is 4. The number of carbonyl (C=O) groups excluding carboxylic acids is 3. The van der Waals surface area contributed by atoms with Crippen molar-refractivity contribution in [2.24, 2.45) is 5.92 Å². The third-order valence-electron chi connectivity index (χ3n) is 5.04. The summed E-state index contributed by atoms with van der Waals surface area (Å²) in [6.07, 6.45) is 1.07. The summed E-state index contributed by atoms with van der Waals surface area (Å²) < 4.78 is 5.24. The van der Waals surface area contributed by atoms with Gasteiger partial charge < -0.3 is 15.0 Å². The molecule has 0 unspecified atom stereocenters. The number of benzene rings is 1. The lowest BCUT2D eigenvalue weighted by Crippen LogP contribution is -2.44. The van der Waals surface area contributed by atoms with Crippen molar-refractivity contribution in [3.05, 3.63) is 35.4 Å². The molecule has 1 aromatic rings. The summed E-state index contributed by atoms with van der Waals surface area (Å²) in [6, 6.07) is 7.29. The molecule has 1 N–H and O–H groups in total. The summed E-state index contributed by atoms with van der Waals surface area (Å²) in [5, 5.41) is 2.79. The number of hydrogen-bond acceptors (Lipinski definition) is 4. The predicted molar refractivity (Wildman–Crippen MR) is 113 cm³/mol. The quantitative estimate of drug-likeness (QED) is 0.612. The molecule has 160 valence electrons. The van der Waals surface area contributed by atoms with Gasteiger partial charge in [-0.1, -0.05) is 45.0 Å². The van der Waals surface area contributed by atoms with Crippen LogP contribution in [0.3, 0.4) is 0 Å². The van der Waals surface area contributed by atoms with E-state index in [0.717, 1.165) is 18.4 Å². The molecule has 0 radical (unpaired) electrons. The van der Waals surface area contributed by atoms with Gasteiger partial charge in [-0.25, -0.2) is 4.79 Å². The van der Waals surface area contributed by atoms with Crippen LogP contribution in [0.15, 0.2) is 24.3 Å². The van der Waals surface area contributed by atoms with E-state index < -0.39 is 23.4 Å². The van der Waals surface area contributed by atoms with Gasteiger partial charge in [0.15, 0.2) is 0 Å². The Morgan fingerprint density at radius 1 is 1.00 bits per heavy atom. The van der Waals surface area contributed by atoms with Crippen molar-refractivity contribution < 1.29 is 19.1 Å². The number of piperidine rings is 1. The zero-order valence-electron chi connectivity index (χ0n) is 18.5. The normalized spacial score (nSPS) is 15.7. The van der Waals surface area contributed by atoms with E-state index in [1.165, 1.54) is 0 Å². The summed E-state index contributed by atoms with van der Waals surface area (Å²) in [6.45, 7) is 13.3. The molecule has 1 saturated heterocycles. The number of nitrogens with zero attached hydrogens (tertiary/aromatic N) is 1. The van der Waals surface area contributed by atoms with Gasteiger partial charge in [0.2, 0.25) is 5.78 Å². The molecule has 29 heavy (non-hydrogen) atoms. The highest BCUT2D eigenvalue weighted by atomic mass is 16.6. The molecule has 2 amide bonds. The van der Waals surface area contributed by atoms with Gasteiger partial charge in [-0.15, -0.1) is 0 Å². The summed E-state index contributed by atoms with van der Waals surface area (Å²) in [5.74, 6) is -0.643. The minimum atomic E-state index is -0.523. The van der Waals surface area contributed by atoms with E-state index in [4.69, 9.17) is 4.74 Å². The largest absolute Gasteiger partial charge is 0.444 e. The zero-order valence-corrected chi connectivity index (χ0v) is 18.5. The van der Waals surface area contributed by atoms with E-state index in [0.29, 0.717) is 25.2 Å². The molecule has 0 saturated carbocycles. The highest BCUT2D eigenvalue weighted by molar-refractivity contribution is 6.42. The first-order valence-electron chi connectivity index (χ1n) is 10.3. The van der Waals surface area contributed by atoms with Crippen molar-refractivity contribution in [3.8, 4) is 0 Å². The van der Waals surface area contributed by atoms with Crippen LogP contribution in [0.5, 0.6) is 0 Å². The number of likely N-dealkylation sites (tertiary alicyclic amines) is 1. The van der Waals surface area contributed by atoms with Crippen molar-refractivity contribution in [3.63, 3.8) is 0 Å². The molecule has 1 aliphatic rings. The molecule has 1 aliphatic heterocycles. The number of ether oxygens (including phenoxy) is 1. The minimum Gasteiger partial charge on any atom is -0.444 e. The summed E-state index contributed by atoms with van der Waals surface area (Å²) >= 11 is 0. The molecule has 1 fully saturated rings. The lowest BCUT2D eigenvalue weighted by molar-refractivity contribution is -0.127. The van der Waals surface area contributed by atoms with Crippen LogP contribution in [0, 0.1) is 5.92 Å². The van der Waals surface area contributed by atoms with Gasteiger partial charge in [0.05, 0.1) is 0 Å². The summed E-state index contributed by atoms with van der Waals surface area (Å²) in [4.78, 5) is 38.5. The number of hydrogen-bond donors (Lipinski definition) is 1. The van der Waals surface area contributed by atoms with E-state index in [1.54, 1.807) is 17.0 Å². The second kappa shape index (κ2) is 8.97. The molecule has 6 nitrogen and oxygen atoms in total. The molecular weight excluding hydrogens is 368 g/mol. The van der Waals surface area contributed by atoms with E-state index in [2.05, 4.69) is 26.1 Å². The first kappa shape index (κ1) is 22.9. The fourth-order valence-corrected chi connectivity index (χ4v) is 3.27. The Morgan fingerprint density at radius 3 is 2.03 bits per heavy atom. The van der Waals surface area contributed by atoms with Crippen LogP contribution in [-0.4, -0.2) is 47.9 Å². The molecule has 1 aromatic carbocycles. The van der Waals surface area contributed by atoms with Crippen molar-refractivity contribution in [2.45, 2.75) is 65.4 Å². The SMILES string of the molecule is CC(C)(C)OC(=O)NCC1CCN(C(=O)C(=O)c2ccc(C(C)(C)C)cc2)CC1. The molecule has 0 bridgehead atoms. The van der Waals surface area contributed by atoms with Crippen molar-refractivity contribution in [1.29, 1.82) is 0 Å². The van der Waals surface area contributed by atoms with Crippen LogP contribution >= 0.6 is 0 Å². The van der Waals surface area contributed by atoms with E-state index in [9.17, 15) is 14.4 Å². The van der Waals surface area contributed by atoms with Crippen molar-refractivity contribution in [1.82, 2.24) is 10.2 Å². The molecule has 0 aliphatic carbocycles. The lowest BCUT2D eigenvalue weighted by atomic mass is 9.86. The Bertz CT molecular complexity index is 734. The van der Waals surface area contributed by atoms with Gasteiger partial charge in [0.25, 0.3) is 5.91 Å². The summed E-state index contributed by atoms with van der Waals surface area (Å²) in [7, 11) is 0. The van der Waals surface area contributed by atoms with Gasteiger partial charge in [-0.3, -0.25) is 9.59 Å². The Kier molecular flexibility index (Phi) is 7.09. The lowest BCUT2D eigenvalue weighted by Gasteiger charge is -2.31. The molecule has 0 atom stereocenters. The number of ketones is 1. The fraction of sp³-hybridized carbons (Fsp3) is 0.609. The van der Waals surface area contributed by atoms with E-state index in [1.807, 2.05) is 32.9 Å². The Labute approximate surface area is 174 Å². The first-order chi connectivity index (χ1) is 13.4. The maximum Gasteiger partial charge on any atom is 0.407 e. The average Bonchev–Trinajstić information content (AvgIpc) is 2.63. The van der Waals surface area contributed by atoms with Gasteiger partial charge in [0.1, 0.15) is 5.60 Å².